The third kappa shape index (κ3) is 2.72. The highest BCUT2D eigenvalue weighted by Crippen LogP contribution is 2.29. The van der Waals surface area contributed by atoms with E-state index in [-0.39, 0.29) is 11.9 Å². The van der Waals surface area contributed by atoms with E-state index in [1.54, 1.807) is 0 Å². The second kappa shape index (κ2) is 5.88. The quantitative estimate of drug-likeness (QED) is 0.733. The molecule has 1 atom stereocenters. The van der Waals surface area contributed by atoms with Gasteiger partial charge in [0.1, 0.15) is 0 Å². The molecule has 0 spiro atoms. The van der Waals surface area contributed by atoms with Crippen LogP contribution in [0.3, 0.4) is 0 Å². The van der Waals surface area contributed by atoms with Crippen molar-refractivity contribution in [1.29, 1.82) is 0 Å². The summed E-state index contributed by atoms with van der Waals surface area (Å²) >= 11 is 0. The van der Waals surface area contributed by atoms with Gasteiger partial charge in [0, 0.05) is 5.56 Å². The van der Waals surface area contributed by atoms with Crippen LogP contribution < -0.4 is 5.32 Å². The molecule has 1 unspecified atom stereocenters. The maximum atomic E-state index is 12.7. The Morgan fingerprint density at radius 3 is 2.61 bits per heavy atom. The number of fused-ring (bicyclic) bond motifs is 2. The van der Waals surface area contributed by atoms with Crippen LogP contribution in [-0.2, 0) is 6.42 Å². The molecule has 1 aliphatic carbocycles. The molecule has 0 saturated heterocycles. The number of carbonyl (C=O) groups is 1. The molecular weight excluding hydrogens is 282 g/mol. The molecule has 2 heteroatoms. The van der Waals surface area contributed by atoms with Gasteiger partial charge in [-0.2, -0.15) is 0 Å². The summed E-state index contributed by atoms with van der Waals surface area (Å²) in [6.45, 7) is 0. The number of benzene rings is 3. The van der Waals surface area contributed by atoms with Crippen molar-refractivity contribution in [3.8, 4) is 0 Å². The highest BCUT2D eigenvalue weighted by Gasteiger charge is 2.21. The molecule has 23 heavy (non-hydrogen) atoms. The molecule has 4 rings (SSSR count). The van der Waals surface area contributed by atoms with Crippen LogP contribution in [0.2, 0.25) is 0 Å². The number of nitrogens with one attached hydrogen (secondary N) is 1. The SMILES string of the molecule is O=C(NC1CCCc2ccccc21)c1ccc2ccccc2c1. The molecule has 3 aromatic carbocycles. The zero-order valence-corrected chi connectivity index (χ0v) is 13.0. The predicted molar refractivity (Wildman–Crippen MR) is 93.5 cm³/mol. The average molecular weight is 301 g/mol. The molecule has 0 aromatic heterocycles. The first-order valence-corrected chi connectivity index (χ1v) is 8.19. The van der Waals surface area contributed by atoms with E-state index in [9.17, 15) is 4.79 Å². The minimum Gasteiger partial charge on any atom is -0.345 e. The van der Waals surface area contributed by atoms with E-state index < -0.39 is 0 Å². The lowest BCUT2D eigenvalue weighted by molar-refractivity contribution is 0.0933. The van der Waals surface area contributed by atoms with Crippen LogP contribution in [0.1, 0.15) is 40.4 Å². The fourth-order valence-electron chi connectivity index (χ4n) is 3.48. The number of rotatable bonds is 2. The van der Waals surface area contributed by atoms with Crippen molar-refractivity contribution < 1.29 is 4.79 Å². The van der Waals surface area contributed by atoms with Gasteiger partial charge in [-0.3, -0.25) is 4.79 Å². The molecule has 0 fully saturated rings. The third-order valence-corrected chi connectivity index (χ3v) is 4.69. The predicted octanol–water partition coefficient (Wildman–Crippen LogP) is 4.65. The van der Waals surface area contributed by atoms with Crippen LogP contribution >= 0.6 is 0 Å². The summed E-state index contributed by atoms with van der Waals surface area (Å²) in [6.07, 6.45) is 3.24. The molecule has 114 valence electrons. The Kier molecular flexibility index (Phi) is 3.58. The monoisotopic (exact) mass is 301 g/mol. The fourth-order valence-corrected chi connectivity index (χ4v) is 3.48. The summed E-state index contributed by atoms with van der Waals surface area (Å²) in [7, 11) is 0. The lowest BCUT2D eigenvalue weighted by Gasteiger charge is -2.26. The summed E-state index contributed by atoms with van der Waals surface area (Å²) in [4.78, 5) is 12.7. The molecule has 1 amide bonds. The highest BCUT2D eigenvalue weighted by atomic mass is 16.1. The molecule has 0 radical (unpaired) electrons. The van der Waals surface area contributed by atoms with Gasteiger partial charge < -0.3 is 5.32 Å². The van der Waals surface area contributed by atoms with Crippen LogP contribution in [0, 0.1) is 0 Å². The van der Waals surface area contributed by atoms with Gasteiger partial charge in [0.25, 0.3) is 5.91 Å². The number of hydrogen-bond acceptors (Lipinski definition) is 1. The molecular formula is C21H19NO. The molecule has 0 bridgehead atoms. The van der Waals surface area contributed by atoms with E-state index in [1.807, 2.05) is 36.4 Å². The van der Waals surface area contributed by atoms with Crippen LogP contribution in [0.4, 0.5) is 0 Å². The number of aryl methyl sites for hydroxylation is 1. The zero-order valence-electron chi connectivity index (χ0n) is 13.0. The zero-order chi connectivity index (χ0) is 15.6. The number of hydrogen-bond donors (Lipinski definition) is 1. The van der Waals surface area contributed by atoms with E-state index in [2.05, 4.69) is 35.6 Å². The average Bonchev–Trinajstić information content (AvgIpc) is 2.61. The smallest absolute Gasteiger partial charge is 0.251 e. The maximum Gasteiger partial charge on any atom is 0.251 e. The molecule has 2 nitrogen and oxygen atoms in total. The van der Waals surface area contributed by atoms with E-state index in [1.165, 1.54) is 11.1 Å². The number of amides is 1. The number of carbonyl (C=O) groups excluding carboxylic acids is 1. The summed E-state index contributed by atoms with van der Waals surface area (Å²) < 4.78 is 0. The van der Waals surface area contributed by atoms with Crippen LogP contribution in [0.15, 0.2) is 66.7 Å². The van der Waals surface area contributed by atoms with Crippen molar-refractivity contribution in [3.63, 3.8) is 0 Å². The third-order valence-electron chi connectivity index (χ3n) is 4.69. The Balaban J connectivity index is 1.60. The van der Waals surface area contributed by atoms with Crippen molar-refractivity contribution in [2.75, 3.05) is 0 Å². The van der Waals surface area contributed by atoms with Gasteiger partial charge in [-0.15, -0.1) is 0 Å². The summed E-state index contributed by atoms with van der Waals surface area (Å²) in [5.41, 5.74) is 3.36. The Morgan fingerprint density at radius 2 is 1.70 bits per heavy atom. The van der Waals surface area contributed by atoms with Crippen molar-refractivity contribution in [2.24, 2.45) is 0 Å². The van der Waals surface area contributed by atoms with E-state index in [0.717, 1.165) is 35.6 Å². The molecule has 0 saturated carbocycles. The van der Waals surface area contributed by atoms with Crippen molar-refractivity contribution in [1.82, 2.24) is 5.32 Å². The second-order valence-corrected chi connectivity index (χ2v) is 6.18. The highest BCUT2D eigenvalue weighted by molar-refractivity contribution is 5.98. The molecule has 0 aliphatic heterocycles. The second-order valence-electron chi connectivity index (χ2n) is 6.18. The van der Waals surface area contributed by atoms with Gasteiger partial charge in [0.15, 0.2) is 0 Å². The van der Waals surface area contributed by atoms with Crippen molar-refractivity contribution in [2.45, 2.75) is 25.3 Å². The Bertz CT molecular complexity index is 868. The van der Waals surface area contributed by atoms with Gasteiger partial charge in [0.2, 0.25) is 0 Å². The van der Waals surface area contributed by atoms with Crippen molar-refractivity contribution >= 4 is 16.7 Å². The minimum absolute atomic E-state index is 0.0115. The molecule has 3 aromatic rings. The lowest BCUT2D eigenvalue weighted by Crippen LogP contribution is -2.30. The first kappa shape index (κ1) is 14.0. The molecule has 0 heterocycles. The van der Waals surface area contributed by atoms with E-state index in [0.29, 0.717) is 0 Å². The first-order valence-electron chi connectivity index (χ1n) is 8.19. The van der Waals surface area contributed by atoms with Crippen LogP contribution in [-0.4, -0.2) is 5.91 Å². The van der Waals surface area contributed by atoms with Gasteiger partial charge >= 0.3 is 0 Å². The topological polar surface area (TPSA) is 29.1 Å². The normalized spacial score (nSPS) is 16.8. The largest absolute Gasteiger partial charge is 0.345 e. The fraction of sp³-hybridized carbons (Fsp3) is 0.190. The minimum atomic E-state index is 0.0115. The Labute approximate surface area is 136 Å². The van der Waals surface area contributed by atoms with Gasteiger partial charge in [-0.25, -0.2) is 0 Å². The Morgan fingerprint density at radius 1 is 0.913 bits per heavy atom. The summed E-state index contributed by atoms with van der Waals surface area (Å²) in [5.74, 6) is 0.0115. The lowest BCUT2D eigenvalue weighted by atomic mass is 9.87. The van der Waals surface area contributed by atoms with Gasteiger partial charge in [-0.1, -0.05) is 54.6 Å². The maximum absolute atomic E-state index is 12.7. The summed E-state index contributed by atoms with van der Waals surface area (Å²) in [5, 5.41) is 5.48. The molecule has 1 N–H and O–H groups in total. The van der Waals surface area contributed by atoms with Gasteiger partial charge in [-0.05, 0) is 53.3 Å². The first-order chi connectivity index (χ1) is 11.3. The molecule has 1 aliphatic rings. The van der Waals surface area contributed by atoms with Crippen LogP contribution in [0.5, 0.6) is 0 Å². The summed E-state index contributed by atoms with van der Waals surface area (Å²) in [6, 6.07) is 22.6. The van der Waals surface area contributed by atoms with Crippen LogP contribution in [0.25, 0.3) is 10.8 Å². The van der Waals surface area contributed by atoms with E-state index in [4.69, 9.17) is 0 Å². The van der Waals surface area contributed by atoms with Gasteiger partial charge in [0.05, 0.1) is 6.04 Å². The van der Waals surface area contributed by atoms with Crippen molar-refractivity contribution in [3.05, 3.63) is 83.4 Å². The Hall–Kier alpha value is -2.61. The standard InChI is InChI=1S/C21H19NO/c23-21(18-13-12-15-6-1-2-8-17(15)14-18)22-20-11-5-9-16-7-3-4-10-19(16)20/h1-4,6-8,10,12-14,20H,5,9,11H2,(H,22,23). The van der Waals surface area contributed by atoms with E-state index >= 15 is 0 Å².